The highest BCUT2D eigenvalue weighted by Gasteiger charge is 2.48. The van der Waals surface area contributed by atoms with E-state index in [1.807, 2.05) is 33.8 Å². The Bertz CT molecular complexity index is 546. The molecule has 5 heteroatoms. The van der Waals surface area contributed by atoms with Crippen LogP contribution >= 0.6 is 11.6 Å². The highest BCUT2D eigenvalue weighted by molar-refractivity contribution is 6.31. The van der Waals surface area contributed by atoms with Crippen molar-refractivity contribution in [2.45, 2.75) is 57.6 Å². The van der Waals surface area contributed by atoms with Crippen molar-refractivity contribution in [1.82, 2.24) is 0 Å². The van der Waals surface area contributed by atoms with Gasteiger partial charge in [0.05, 0.1) is 0 Å². The molecule has 1 aliphatic rings. The lowest BCUT2D eigenvalue weighted by molar-refractivity contribution is 0.0636. The second-order valence-electron chi connectivity index (χ2n) is 6.77. The predicted octanol–water partition coefficient (Wildman–Crippen LogP) is 4.07. The van der Waals surface area contributed by atoms with Gasteiger partial charge in [0.15, 0.2) is 0 Å². The largest absolute Gasteiger partial charge is 0.444 e. The monoisotopic (exact) mass is 310 g/mol. The van der Waals surface area contributed by atoms with E-state index >= 15 is 0 Å². The fourth-order valence-electron chi connectivity index (χ4n) is 2.51. The van der Waals surface area contributed by atoms with E-state index < -0.39 is 11.7 Å². The number of nitrogens with one attached hydrogen (secondary N) is 1. The topological polar surface area (TPSA) is 64.3 Å². The van der Waals surface area contributed by atoms with E-state index in [0.29, 0.717) is 10.7 Å². The van der Waals surface area contributed by atoms with Crippen LogP contribution in [0.5, 0.6) is 0 Å². The first-order valence-electron chi connectivity index (χ1n) is 7.20. The summed E-state index contributed by atoms with van der Waals surface area (Å²) in [6.07, 6.45) is 1.59. The maximum Gasteiger partial charge on any atom is 0.412 e. The van der Waals surface area contributed by atoms with E-state index in [1.165, 1.54) is 0 Å². The lowest BCUT2D eigenvalue weighted by atomic mass is 9.89. The van der Waals surface area contributed by atoms with E-state index in [0.717, 1.165) is 18.4 Å². The van der Waals surface area contributed by atoms with Gasteiger partial charge in [-0.1, -0.05) is 11.6 Å². The molecule has 1 saturated carbocycles. The molecule has 0 aliphatic heterocycles. The van der Waals surface area contributed by atoms with Gasteiger partial charge in [-0.15, -0.1) is 0 Å². The number of hydrogen-bond acceptors (Lipinski definition) is 3. The molecule has 3 N–H and O–H groups in total. The van der Waals surface area contributed by atoms with Crippen LogP contribution < -0.4 is 11.1 Å². The SMILES string of the molecule is CC(N)C1(c2cc(NC(=O)OC(C)(C)C)ccc2Cl)CC1. The Labute approximate surface area is 131 Å². The second kappa shape index (κ2) is 5.50. The maximum atomic E-state index is 11.8. The van der Waals surface area contributed by atoms with Crippen molar-refractivity contribution < 1.29 is 9.53 Å². The number of carbonyl (C=O) groups is 1. The molecule has 1 unspecified atom stereocenters. The molecule has 1 aromatic rings. The van der Waals surface area contributed by atoms with Crippen molar-refractivity contribution in [3.8, 4) is 0 Å². The van der Waals surface area contributed by atoms with Gasteiger partial charge in [0, 0.05) is 22.2 Å². The Balaban J connectivity index is 2.18. The molecule has 0 heterocycles. The Morgan fingerprint density at radius 2 is 2.05 bits per heavy atom. The van der Waals surface area contributed by atoms with Gasteiger partial charge in [0.25, 0.3) is 0 Å². The first-order valence-corrected chi connectivity index (χ1v) is 7.57. The quantitative estimate of drug-likeness (QED) is 0.884. The van der Waals surface area contributed by atoms with Crippen LogP contribution in [-0.4, -0.2) is 17.7 Å². The number of nitrogens with two attached hydrogens (primary N) is 1. The van der Waals surface area contributed by atoms with Crippen LogP contribution in [0, 0.1) is 0 Å². The van der Waals surface area contributed by atoms with Crippen LogP contribution in [-0.2, 0) is 10.2 Å². The van der Waals surface area contributed by atoms with Crippen molar-refractivity contribution in [3.63, 3.8) is 0 Å². The molecule has 1 fully saturated rings. The predicted molar refractivity (Wildman–Crippen MR) is 85.9 cm³/mol. The molecular formula is C16H23ClN2O2. The molecule has 1 aliphatic carbocycles. The zero-order chi connectivity index (χ0) is 15.8. The fourth-order valence-corrected chi connectivity index (χ4v) is 2.82. The third-order valence-corrected chi connectivity index (χ3v) is 4.14. The molecule has 0 spiro atoms. The van der Waals surface area contributed by atoms with E-state index in [4.69, 9.17) is 22.1 Å². The van der Waals surface area contributed by atoms with Gasteiger partial charge >= 0.3 is 6.09 Å². The van der Waals surface area contributed by atoms with Crippen molar-refractivity contribution in [1.29, 1.82) is 0 Å². The molecule has 116 valence electrons. The molecule has 1 amide bonds. The first-order chi connectivity index (χ1) is 9.64. The number of rotatable bonds is 3. The van der Waals surface area contributed by atoms with E-state index in [1.54, 1.807) is 12.1 Å². The molecule has 0 saturated heterocycles. The summed E-state index contributed by atoms with van der Waals surface area (Å²) in [6.45, 7) is 7.48. The molecule has 4 nitrogen and oxygen atoms in total. The minimum Gasteiger partial charge on any atom is -0.444 e. The Morgan fingerprint density at radius 3 is 2.52 bits per heavy atom. The zero-order valence-electron chi connectivity index (χ0n) is 13.0. The summed E-state index contributed by atoms with van der Waals surface area (Å²) in [4.78, 5) is 11.8. The number of halogens is 1. The molecule has 0 bridgehead atoms. The number of carbonyl (C=O) groups excluding carboxylic acids is 1. The molecule has 0 aromatic heterocycles. The minimum absolute atomic E-state index is 0.0341. The summed E-state index contributed by atoms with van der Waals surface area (Å²) in [6, 6.07) is 5.51. The number of benzene rings is 1. The molecule has 1 aromatic carbocycles. The number of ether oxygens (including phenoxy) is 1. The molecular weight excluding hydrogens is 288 g/mol. The van der Waals surface area contributed by atoms with Crippen LogP contribution in [0.25, 0.3) is 0 Å². The van der Waals surface area contributed by atoms with E-state index in [2.05, 4.69) is 5.32 Å². The number of amides is 1. The zero-order valence-corrected chi connectivity index (χ0v) is 13.8. The lowest BCUT2D eigenvalue weighted by Gasteiger charge is -2.23. The van der Waals surface area contributed by atoms with Gasteiger partial charge in [-0.25, -0.2) is 4.79 Å². The molecule has 1 atom stereocenters. The highest BCUT2D eigenvalue weighted by atomic mass is 35.5. The van der Waals surface area contributed by atoms with Gasteiger partial charge in [-0.2, -0.15) is 0 Å². The Kier molecular flexibility index (Phi) is 4.22. The highest BCUT2D eigenvalue weighted by Crippen LogP contribution is 2.52. The Morgan fingerprint density at radius 1 is 1.43 bits per heavy atom. The van der Waals surface area contributed by atoms with E-state index in [-0.39, 0.29) is 11.5 Å². The second-order valence-corrected chi connectivity index (χ2v) is 7.17. The summed E-state index contributed by atoms with van der Waals surface area (Å²) in [5.41, 5.74) is 7.20. The van der Waals surface area contributed by atoms with Crippen molar-refractivity contribution in [2.75, 3.05) is 5.32 Å². The van der Waals surface area contributed by atoms with Gasteiger partial charge in [-0.3, -0.25) is 5.32 Å². The summed E-state index contributed by atoms with van der Waals surface area (Å²) in [5, 5.41) is 3.44. The minimum atomic E-state index is -0.525. The summed E-state index contributed by atoms with van der Waals surface area (Å²) in [5.74, 6) is 0. The Hall–Kier alpha value is -1.26. The smallest absolute Gasteiger partial charge is 0.412 e. The summed E-state index contributed by atoms with van der Waals surface area (Å²) >= 11 is 6.31. The van der Waals surface area contributed by atoms with Crippen LogP contribution in [0.2, 0.25) is 5.02 Å². The van der Waals surface area contributed by atoms with Gasteiger partial charge < -0.3 is 10.5 Å². The van der Waals surface area contributed by atoms with Crippen LogP contribution in [0.3, 0.4) is 0 Å². The third-order valence-electron chi connectivity index (χ3n) is 3.81. The third kappa shape index (κ3) is 3.69. The number of anilines is 1. The lowest BCUT2D eigenvalue weighted by Crippen LogP contribution is -2.32. The fraction of sp³-hybridized carbons (Fsp3) is 0.562. The van der Waals surface area contributed by atoms with Gasteiger partial charge in [-0.05, 0) is 64.3 Å². The summed E-state index contributed by atoms with van der Waals surface area (Å²) < 4.78 is 5.25. The van der Waals surface area contributed by atoms with Crippen LogP contribution in [0.15, 0.2) is 18.2 Å². The molecule has 21 heavy (non-hydrogen) atoms. The van der Waals surface area contributed by atoms with Crippen LogP contribution in [0.4, 0.5) is 10.5 Å². The molecule has 0 radical (unpaired) electrons. The number of hydrogen-bond donors (Lipinski definition) is 2. The van der Waals surface area contributed by atoms with Crippen molar-refractivity contribution >= 4 is 23.4 Å². The van der Waals surface area contributed by atoms with Gasteiger partial charge in [0.1, 0.15) is 5.60 Å². The van der Waals surface area contributed by atoms with E-state index in [9.17, 15) is 4.79 Å². The van der Waals surface area contributed by atoms with Crippen molar-refractivity contribution in [3.05, 3.63) is 28.8 Å². The average molecular weight is 311 g/mol. The van der Waals surface area contributed by atoms with Gasteiger partial charge in [0.2, 0.25) is 0 Å². The average Bonchev–Trinajstić information content (AvgIpc) is 3.10. The normalized spacial score (nSPS) is 18.0. The van der Waals surface area contributed by atoms with Crippen LogP contribution in [0.1, 0.15) is 46.1 Å². The molecule has 2 rings (SSSR count). The summed E-state index contributed by atoms with van der Waals surface area (Å²) in [7, 11) is 0. The maximum absolute atomic E-state index is 11.8. The first kappa shape index (κ1) is 16.1. The standard InChI is InChI=1S/C16H23ClN2O2/c1-10(18)16(7-8-16)12-9-11(5-6-13(12)17)19-14(20)21-15(2,3)4/h5-6,9-10H,7-8,18H2,1-4H3,(H,19,20). The van der Waals surface area contributed by atoms with Crippen molar-refractivity contribution in [2.24, 2.45) is 5.73 Å².